The molecule has 0 aliphatic carbocycles. The van der Waals surface area contributed by atoms with Crippen LogP contribution in [0.15, 0.2) is 41.9 Å². The van der Waals surface area contributed by atoms with Gasteiger partial charge in [0.15, 0.2) is 9.84 Å². The fourth-order valence-corrected chi connectivity index (χ4v) is 6.48. The average Bonchev–Trinajstić information content (AvgIpc) is 3.49. The summed E-state index contributed by atoms with van der Waals surface area (Å²) >= 11 is 1.51. The van der Waals surface area contributed by atoms with Gasteiger partial charge in [-0.1, -0.05) is 6.07 Å². The van der Waals surface area contributed by atoms with Crippen molar-refractivity contribution in [1.29, 1.82) is 0 Å². The minimum absolute atomic E-state index is 0.238. The van der Waals surface area contributed by atoms with E-state index in [1.807, 2.05) is 28.1 Å². The number of pyridine rings is 1. The van der Waals surface area contributed by atoms with Gasteiger partial charge in [-0.3, -0.25) is 4.57 Å². The molecule has 0 radical (unpaired) electrons. The Morgan fingerprint density at radius 3 is 2.67 bits per heavy atom. The molecule has 1 fully saturated rings. The van der Waals surface area contributed by atoms with E-state index in [2.05, 4.69) is 21.4 Å². The van der Waals surface area contributed by atoms with Crippen molar-refractivity contribution >= 4 is 37.9 Å². The number of aromatic nitrogens is 3. The Hall–Kier alpha value is -2.86. The molecule has 190 valence electrons. The first-order valence-corrected chi connectivity index (χ1v) is 14.6. The maximum Gasteiger partial charge on any atom is 0.152 e. The molecule has 4 aromatic rings. The van der Waals surface area contributed by atoms with Crippen molar-refractivity contribution in [3.63, 3.8) is 0 Å². The molecular weight excluding hydrogens is 499 g/mol. The number of halogens is 1. The molecule has 0 saturated carbocycles. The van der Waals surface area contributed by atoms with Crippen molar-refractivity contribution < 1.29 is 12.8 Å². The first-order valence-electron chi connectivity index (χ1n) is 11.9. The van der Waals surface area contributed by atoms with E-state index in [4.69, 9.17) is 10.7 Å². The van der Waals surface area contributed by atoms with Gasteiger partial charge in [-0.25, -0.2) is 22.8 Å². The summed E-state index contributed by atoms with van der Waals surface area (Å²) in [5.41, 5.74) is 9.51. The molecule has 11 heteroatoms. The number of nitrogens with one attached hydrogen (secondary N) is 1. The maximum atomic E-state index is 14.4. The molecule has 0 unspecified atom stereocenters. The molecule has 3 aromatic heterocycles. The molecule has 0 bridgehead atoms. The van der Waals surface area contributed by atoms with E-state index in [0.717, 1.165) is 46.8 Å². The van der Waals surface area contributed by atoms with Gasteiger partial charge >= 0.3 is 0 Å². The van der Waals surface area contributed by atoms with Gasteiger partial charge in [-0.2, -0.15) is 0 Å². The van der Waals surface area contributed by atoms with Gasteiger partial charge in [-0.15, -0.1) is 11.3 Å². The molecule has 0 atom stereocenters. The van der Waals surface area contributed by atoms with Gasteiger partial charge < -0.3 is 16.0 Å². The van der Waals surface area contributed by atoms with Gasteiger partial charge in [0.25, 0.3) is 0 Å². The zero-order valence-corrected chi connectivity index (χ0v) is 21.7. The normalized spacial score (nSPS) is 16.0. The van der Waals surface area contributed by atoms with Crippen LogP contribution in [0.25, 0.3) is 28.1 Å². The average molecular weight is 529 g/mol. The lowest BCUT2D eigenvalue weighted by Gasteiger charge is -2.26. The molecule has 0 spiro atoms. The van der Waals surface area contributed by atoms with Crippen LogP contribution in [0.5, 0.6) is 0 Å². The number of rotatable bonds is 8. The van der Waals surface area contributed by atoms with E-state index in [1.54, 1.807) is 13.1 Å². The smallest absolute Gasteiger partial charge is 0.152 e. The fourth-order valence-electron chi connectivity index (χ4n) is 4.55. The zero-order chi connectivity index (χ0) is 25.3. The second-order valence-electron chi connectivity index (χ2n) is 8.94. The van der Waals surface area contributed by atoms with Gasteiger partial charge in [0, 0.05) is 49.2 Å². The molecule has 4 heterocycles. The summed E-state index contributed by atoms with van der Waals surface area (Å²) < 4.78 is 39.8. The zero-order valence-electron chi connectivity index (χ0n) is 20.1. The molecule has 1 aliphatic heterocycles. The van der Waals surface area contributed by atoms with Crippen molar-refractivity contribution in [3.05, 3.63) is 58.3 Å². The Kier molecular flexibility index (Phi) is 7.07. The largest absolute Gasteiger partial charge is 0.386 e. The monoisotopic (exact) mass is 528 g/mol. The van der Waals surface area contributed by atoms with Gasteiger partial charge in [0.2, 0.25) is 0 Å². The summed E-state index contributed by atoms with van der Waals surface area (Å²) in [5.74, 6) is 0.912. The fraction of sp³-hybridized carbons (Fsp3) is 0.360. The highest BCUT2D eigenvalue weighted by atomic mass is 32.2. The second kappa shape index (κ2) is 10.3. The second-order valence-corrected chi connectivity index (χ2v) is 12.2. The molecule has 0 amide bonds. The number of fused-ring (bicyclic) bond motifs is 1. The quantitative estimate of drug-likeness (QED) is 0.361. The van der Waals surface area contributed by atoms with E-state index in [0.29, 0.717) is 36.6 Å². The summed E-state index contributed by atoms with van der Waals surface area (Å²) in [6.45, 7) is 2.41. The third kappa shape index (κ3) is 5.15. The predicted octanol–water partition coefficient (Wildman–Crippen LogP) is 3.45. The van der Waals surface area contributed by atoms with Crippen LogP contribution in [0.4, 0.5) is 10.1 Å². The number of sulfone groups is 1. The molecular formula is C25H29FN6O2S2. The number of hydrogen-bond acceptors (Lipinski definition) is 8. The number of aryl methyl sites for hydroxylation is 1. The first-order chi connectivity index (χ1) is 17.4. The highest BCUT2D eigenvalue weighted by Crippen LogP contribution is 2.30. The van der Waals surface area contributed by atoms with Gasteiger partial charge in [-0.05, 0) is 49.2 Å². The number of anilines is 1. The van der Waals surface area contributed by atoms with Crippen LogP contribution >= 0.6 is 11.3 Å². The van der Waals surface area contributed by atoms with E-state index in [9.17, 15) is 12.8 Å². The van der Waals surface area contributed by atoms with Crippen molar-refractivity contribution in [3.8, 4) is 17.1 Å². The summed E-state index contributed by atoms with van der Waals surface area (Å²) in [6, 6.07) is 9.01. The Balaban J connectivity index is 1.45. The number of nitrogens with zero attached hydrogens (tertiary/aromatic N) is 4. The lowest BCUT2D eigenvalue weighted by atomic mass is 10.1. The Morgan fingerprint density at radius 1 is 1.17 bits per heavy atom. The summed E-state index contributed by atoms with van der Waals surface area (Å²) in [6.07, 6.45) is 3.80. The highest BCUT2D eigenvalue weighted by molar-refractivity contribution is 7.91. The molecule has 8 nitrogen and oxygen atoms in total. The van der Waals surface area contributed by atoms with Gasteiger partial charge in [0.1, 0.15) is 22.3 Å². The summed E-state index contributed by atoms with van der Waals surface area (Å²) in [5, 5.41) is 6.67. The van der Waals surface area contributed by atoms with Crippen LogP contribution in [-0.4, -0.2) is 66.0 Å². The topological polar surface area (TPSA) is 106 Å². The third-order valence-corrected chi connectivity index (χ3v) is 9.05. The molecule has 1 aromatic carbocycles. The van der Waals surface area contributed by atoms with Crippen molar-refractivity contribution in [1.82, 2.24) is 19.4 Å². The minimum atomic E-state index is -2.88. The van der Waals surface area contributed by atoms with Crippen LogP contribution in [0.2, 0.25) is 0 Å². The maximum absolute atomic E-state index is 14.4. The SMILES string of the molecule is CNc1ccc(-c2ccc3c(CCCN4CCS(=O)(=O)CC4)cn(-c4csc(CN)n4)c3n2)cc1F. The Morgan fingerprint density at radius 2 is 1.97 bits per heavy atom. The Labute approximate surface area is 213 Å². The number of hydrogen-bond donors (Lipinski definition) is 2. The standard InChI is InChI=1S/C25H29FN6O2S2/c1-28-22-6-4-17(13-20(22)26)21-7-5-19-18(3-2-8-31-9-11-36(33,34)12-10-31)15-32(25(19)29-21)23-16-35-24(14-27)30-23/h4-7,13,15-16,28H,2-3,8-12,14,27H2,1H3. The van der Waals surface area contributed by atoms with E-state index in [-0.39, 0.29) is 17.3 Å². The molecule has 1 aliphatic rings. The van der Waals surface area contributed by atoms with Crippen molar-refractivity contribution in [2.45, 2.75) is 19.4 Å². The van der Waals surface area contributed by atoms with Crippen LogP contribution in [-0.2, 0) is 22.8 Å². The summed E-state index contributed by atoms with van der Waals surface area (Å²) in [4.78, 5) is 11.8. The van der Waals surface area contributed by atoms with Crippen LogP contribution in [0.1, 0.15) is 17.0 Å². The van der Waals surface area contributed by atoms with Crippen molar-refractivity contribution in [2.75, 3.05) is 43.5 Å². The minimum Gasteiger partial charge on any atom is -0.386 e. The van der Waals surface area contributed by atoms with E-state index in [1.165, 1.54) is 17.4 Å². The molecule has 3 N–H and O–H groups in total. The number of benzene rings is 1. The molecule has 5 rings (SSSR count). The third-order valence-electron chi connectivity index (χ3n) is 6.59. The Bertz CT molecular complexity index is 1480. The van der Waals surface area contributed by atoms with E-state index >= 15 is 0 Å². The van der Waals surface area contributed by atoms with E-state index < -0.39 is 9.84 Å². The summed E-state index contributed by atoms with van der Waals surface area (Å²) in [7, 11) is -1.19. The van der Waals surface area contributed by atoms with Crippen LogP contribution < -0.4 is 11.1 Å². The number of nitrogens with two attached hydrogens (primary N) is 1. The molecule has 36 heavy (non-hydrogen) atoms. The highest BCUT2D eigenvalue weighted by Gasteiger charge is 2.21. The predicted molar refractivity (Wildman–Crippen MR) is 143 cm³/mol. The molecule has 1 saturated heterocycles. The van der Waals surface area contributed by atoms with Crippen LogP contribution in [0, 0.1) is 5.82 Å². The van der Waals surface area contributed by atoms with Gasteiger partial charge in [0.05, 0.1) is 22.9 Å². The first kappa shape index (κ1) is 24.8. The van der Waals surface area contributed by atoms with Crippen molar-refractivity contribution in [2.24, 2.45) is 5.73 Å². The lowest BCUT2D eigenvalue weighted by Crippen LogP contribution is -2.40. The number of thiazole rings is 1. The lowest BCUT2D eigenvalue weighted by molar-refractivity contribution is 0.292. The van der Waals surface area contributed by atoms with Crippen LogP contribution in [0.3, 0.4) is 0 Å².